The van der Waals surface area contributed by atoms with E-state index in [2.05, 4.69) is 15.5 Å². The van der Waals surface area contributed by atoms with Gasteiger partial charge in [-0.2, -0.15) is 11.3 Å². The largest absolute Gasteiger partial charge is 0.352 e. The number of benzene rings is 1. The van der Waals surface area contributed by atoms with Crippen LogP contribution in [0, 0.1) is 0 Å². The van der Waals surface area contributed by atoms with E-state index >= 15 is 0 Å². The fourth-order valence-electron chi connectivity index (χ4n) is 3.56. The zero-order valence-electron chi connectivity index (χ0n) is 17.0. The van der Waals surface area contributed by atoms with E-state index in [1.54, 1.807) is 40.6 Å². The molecule has 3 amide bonds. The maximum absolute atomic E-state index is 13.1. The van der Waals surface area contributed by atoms with Crippen LogP contribution in [-0.4, -0.2) is 65.8 Å². The smallest absolute Gasteiger partial charge is 0.256 e. The Morgan fingerprint density at radius 2 is 1.80 bits per heavy atom. The number of piperazine rings is 1. The van der Waals surface area contributed by atoms with Gasteiger partial charge in [0.2, 0.25) is 5.91 Å². The Hall–Kier alpha value is -2.71. The van der Waals surface area contributed by atoms with Crippen molar-refractivity contribution < 1.29 is 14.4 Å². The summed E-state index contributed by atoms with van der Waals surface area (Å²) in [5.74, 6) is -0.262. The number of thiophene rings is 1. The van der Waals surface area contributed by atoms with Gasteiger partial charge >= 0.3 is 0 Å². The highest BCUT2D eigenvalue weighted by Crippen LogP contribution is 2.21. The van der Waals surface area contributed by atoms with Crippen LogP contribution in [0.15, 0.2) is 41.1 Å². The first-order chi connectivity index (χ1) is 14.5. The molecule has 1 unspecified atom stereocenters. The van der Waals surface area contributed by atoms with Gasteiger partial charge in [-0.3, -0.25) is 19.3 Å². The van der Waals surface area contributed by atoms with E-state index in [1.165, 1.54) is 11.3 Å². The summed E-state index contributed by atoms with van der Waals surface area (Å²) in [5.41, 5.74) is 1.57. The van der Waals surface area contributed by atoms with Crippen LogP contribution in [0.2, 0.25) is 0 Å². The molecule has 1 saturated heterocycles. The molecular formula is C22H26N4O3S. The lowest BCUT2D eigenvalue weighted by molar-refractivity contribution is -0.126. The minimum Gasteiger partial charge on any atom is -0.352 e. The van der Waals surface area contributed by atoms with Crippen molar-refractivity contribution in [3.05, 3.63) is 52.2 Å². The molecule has 4 rings (SSSR count). The molecule has 30 heavy (non-hydrogen) atoms. The predicted molar refractivity (Wildman–Crippen MR) is 117 cm³/mol. The lowest BCUT2D eigenvalue weighted by Gasteiger charge is -2.37. The highest BCUT2D eigenvalue weighted by Gasteiger charge is 2.31. The molecule has 158 valence electrons. The first-order valence-electron chi connectivity index (χ1n) is 10.3. The molecule has 2 aromatic rings. The third-order valence-electron chi connectivity index (χ3n) is 5.64. The van der Waals surface area contributed by atoms with Crippen LogP contribution < -0.4 is 10.6 Å². The van der Waals surface area contributed by atoms with E-state index in [9.17, 15) is 14.4 Å². The molecule has 1 aromatic carbocycles. The molecular weight excluding hydrogens is 400 g/mol. The minimum atomic E-state index is -0.225. The Morgan fingerprint density at radius 1 is 1.07 bits per heavy atom. The van der Waals surface area contributed by atoms with E-state index in [0.717, 1.165) is 12.8 Å². The van der Waals surface area contributed by atoms with Crippen LogP contribution in [0.4, 0.5) is 5.69 Å². The molecule has 7 nitrogen and oxygen atoms in total. The number of anilines is 1. The maximum atomic E-state index is 13.1. The molecule has 2 N–H and O–H groups in total. The molecule has 1 atom stereocenters. The molecule has 1 aliphatic heterocycles. The summed E-state index contributed by atoms with van der Waals surface area (Å²) < 4.78 is 0. The highest BCUT2D eigenvalue weighted by atomic mass is 32.1. The normalized spacial score (nSPS) is 18.0. The summed E-state index contributed by atoms with van der Waals surface area (Å²) in [7, 11) is 0. The first-order valence-corrected chi connectivity index (χ1v) is 11.2. The molecule has 0 radical (unpaired) electrons. The van der Waals surface area contributed by atoms with E-state index in [1.807, 2.05) is 12.3 Å². The van der Waals surface area contributed by atoms with E-state index in [-0.39, 0.29) is 23.8 Å². The average molecular weight is 427 g/mol. The molecule has 2 heterocycles. The monoisotopic (exact) mass is 426 g/mol. The van der Waals surface area contributed by atoms with Crippen LogP contribution in [0.5, 0.6) is 0 Å². The van der Waals surface area contributed by atoms with Gasteiger partial charge in [-0.1, -0.05) is 12.1 Å². The van der Waals surface area contributed by atoms with Crippen molar-refractivity contribution in [2.24, 2.45) is 0 Å². The summed E-state index contributed by atoms with van der Waals surface area (Å²) in [5, 5.41) is 9.53. The second-order valence-corrected chi connectivity index (χ2v) is 8.58. The van der Waals surface area contributed by atoms with Crippen LogP contribution >= 0.6 is 11.3 Å². The Kier molecular flexibility index (Phi) is 6.15. The standard InChI is InChI=1S/C22H26N4O3S/c1-15(20(27)23-17-6-7-17)25-9-11-26(12-10-25)22(29)18-4-2-3-5-19(18)24-21(28)16-8-13-30-14-16/h2-5,8,13-15,17H,6-7,9-12H2,1H3,(H,23,27)(H,24,28). The second kappa shape index (κ2) is 8.97. The number of nitrogens with zero attached hydrogens (tertiary/aromatic N) is 2. The van der Waals surface area contributed by atoms with Crippen LogP contribution in [-0.2, 0) is 4.79 Å². The van der Waals surface area contributed by atoms with Gasteiger partial charge in [0.05, 0.1) is 22.9 Å². The van der Waals surface area contributed by atoms with Gasteiger partial charge in [0.25, 0.3) is 11.8 Å². The van der Waals surface area contributed by atoms with Crippen molar-refractivity contribution in [2.75, 3.05) is 31.5 Å². The topological polar surface area (TPSA) is 81.8 Å². The van der Waals surface area contributed by atoms with Crippen molar-refractivity contribution in [1.29, 1.82) is 0 Å². The molecule has 1 aromatic heterocycles. The quantitative estimate of drug-likeness (QED) is 0.743. The number of hydrogen-bond acceptors (Lipinski definition) is 5. The molecule has 1 saturated carbocycles. The number of hydrogen-bond donors (Lipinski definition) is 2. The lowest BCUT2D eigenvalue weighted by atomic mass is 10.1. The fourth-order valence-corrected chi connectivity index (χ4v) is 4.20. The van der Waals surface area contributed by atoms with Crippen molar-refractivity contribution in [3.8, 4) is 0 Å². The number of para-hydroxylation sites is 1. The number of rotatable bonds is 6. The third kappa shape index (κ3) is 4.71. The van der Waals surface area contributed by atoms with Gasteiger partial charge in [-0.25, -0.2) is 0 Å². The predicted octanol–water partition coefficient (Wildman–Crippen LogP) is 2.43. The zero-order chi connectivity index (χ0) is 21.1. The van der Waals surface area contributed by atoms with Crippen molar-refractivity contribution in [1.82, 2.24) is 15.1 Å². The molecule has 8 heteroatoms. The first kappa shape index (κ1) is 20.6. The Balaban J connectivity index is 1.37. The fraction of sp³-hybridized carbons (Fsp3) is 0.409. The van der Waals surface area contributed by atoms with Gasteiger partial charge in [0, 0.05) is 37.6 Å². The number of carbonyl (C=O) groups is 3. The summed E-state index contributed by atoms with van der Waals surface area (Å²) >= 11 is 1.45. The highest BCUT2D eigenvalue weighted by molar-refractivity contribution is 7.08. The van der Waals surface area contributed by atoms with Gasteiger partial charge in [-0.15, -0.1) is 0 Å². The number of amides is 3. The van der Waals surface area contributed by atoms with Crippen molar-refractivity contribution >= 4 is 34.7 Å². The lowest BCUT2D eigenvalue weighted by Crippen LogP contribution is -2.55. The zero-order valence-corrected chi connectivity index (χ0v) is 17.8. The molecule has 2 fully saturated rings. The van der Waals surface area contributed by atoms with Gasteiger partial charge in [-0.05, 0) is 43.3 Å². The Morgan fingerprint density at radius 3 is 2.47 bits per heavy atom. The Labute approximate surface area is 180 Å². The van der Waals surface area contributed by atoms with Crippen LogP contribution in [0.1, 0.15) is 40.5 Å². The summed E-state index contributed by atoms with van der Waals surface area (Å²) in [6.45, 7) is 4.31. The van der Waals surface area contributed by atoms with Crippen molar-refractivity contribution in [3.63, 3.8) is 0 Å². The van der Waals surface area contributed by atoms with E-state index in [4.69, 9.17) is 0 Å². The third-order valence-corrected chi connectivity index (χ3v) is 6.32. The molecule has 0 bridgehead atoms. The molecule has 2 aliphatic rings. The maximum Gasteiger partial charge on any atom is 0.256 e. The van der Waals surface area contributed by atoms with Crippen LogP contribution in [0.3, 0.4) is 0 Å². The minimum absolute atomic E-state index is 0.0683. The molecule has 1 aliphatic carbocycles. The van der Waals surface area contributed by atoms with Crippen molar-refractivity contribution in [2.45, 2.75) is 31.8 Å². The van der Waals surface area contributed by atoms with E-state index in [0.29, 0.717) is 49.0 Å². The second-order valence-electron chi connectivity index (χ2n) is 7.80. The average Bonchev–Trinajstić information content (AvgIpc) is 3.40. The Bertz CT molecular complexity index is 918. The van der Waals surface area contributed by atoms with E-state index < -0.39 is 0 Å². The number of carbonyl (C=O) groups excluding carboxylic acids is 3. The van der Waals surface area contributed by atoms with Gasteiger partial charge in [0.15, 0.2) is 0 Å². The number of nitrogens with one attached hydrogen (secondary N) is 2. The molecule has 0 spiro atoms. The summed E-state index contributed by atoms with van der Waals surface area (Å²) in [4.78, 5) is 41.8. The van der Waals surface area contributed by atoms with Gasteiger partial charge in [0.1, 0.15) is 0 Å². The summed E-state index contributed by atoms with van der Waals surface area (Å²) in [6, 6.07) is 9.00. The summed E-state index contributed by atoms with van der Waals surface area (Å²) in [6.07, 6.45) is 2.15. The van der Waals surface area contributed by atoms with Gasteiger partial charge < -0.3 is 15.5 Å². The van der Waals surface area contributed by atoms with Crippen LogP contribution in [0.25, 0.3) is 0 Å². The SMILES string of the molecule is CC(C(=O)NC1CC1)N1CCN(C(=O)c2ccccc2NC(=O)c2ccsc2)CC1.